The van der Waals surface area contributed by atoms with Gasteiger partial charge in [0.05, 0.1) is 12.8 Å². The number of anilines is 1. The number of furan rings is 1. The fourth-order valence-corrected chi connectivity index (χ4v) is 2.38. The minimum absolute atomic E-state index is 0.0324. The van der Waals surface area contributed by atoms with Crippen molar-refractivity contribution in [3.05, 3.63) is 53.5 Å². The molecule has 128 valence electrons. The molecule has 0 saturated heterocycles. The Balaban J connectivity index is 1.93. The minimum atomic E-state index is -0.212. The van der Waals surface area contributed by atoms with E-state index in [1.54, 1.807) is 18.4 Å². The number of aryl methyl sites for hydroxylation is 2. The standard InChI is InChI=1S/C18H24N4O2/c1-3-13-7-5-8-14(4-2)17(13)22-18(19)21-12-16(23)20-11-15-9-6-10-24-15/h5-10H,3-4,11-12H2,1-2H3,(H,20,23)(H3,19,21,22). The van der Waals surface area contributed by atoms with Crippen molar-refractivity contribution < 1.29 is 9.21 Å². The normalized spacial score (nSPS) is 11.3. The molecule has 6 heteroatoms. The van der Waals surface area contributed by atoms with Gasteiger partial charge in [-0.1, -0.05) is 32.0 Å². The molecular weight excluding hydrogens is 304 g/mol. The number of amides is 1. The number of carbonyl (C=O) groups is 1. The molecule has 1 aromatic heterocycles. The van der Waals surface area contributed by atoms with Gasteiger partial charge in [-0.25, -0.2) is 4.99 Å². The van der Waals surface area contributed by atoms with Gasteiger partial charge in [0.25, 0.3) is 0 Å². The predicted octanol–water partition coefficient (Wildman–Crippen LogP) is 2.45. The van der Waals surface area contributed by atoms with Crippen LogP contribution in [0, 0.1) is 0 Å². The average Bonchev–Trinajstić information content (AvgIpc) is 3.11. The van der Waals surface area contributed by atoms with Gasteiger partial charge < -0.3 is 20.8 Å². The Kier molecular flexibility index (Phi) is 6.42. The summed E-state index contributed by atoms with van der Waals surface area (Å²) < 4.78 is 5.15. The third-order valence-corrected chi connectivity index (χ3v) is 3.68. The first-order valence-electron chi connectivity index (χ1n) is 8.10. The van der Waals surface area contributed by atoms with Crippen molar-refractivity contribution in [3.8, 4) is 0 Å². The van der Waals surface area contributed by atoms with Crippen LogP contribution in [0.15, 0.2) is 46.0 Å². The van der Waals surface area contributed by atoms with Crippen molar-refractivity contribution in [1.82, 2.24) is 5.32 Å². The fraction of sp³-hybridized carbons (Fsp3) is 0.333. The molecular formula is C18H24N4O2. The van der Waals surface area contributed by atoms with E-state index in [9.17, 15) is 4.79 Å². The summed E-state index contributed by atoms with van der Waals surface area (Å²) in [7, 11) is 0. The second-order valence-corrected chi connectivity index (χ2v) is 5.34. The number of nitrogens with zero attached hydrogens (tertiary/aromatic N) is 1. The van der Waals surface area contributed by atoms with Crippen LogP contribution in [0.2, 0.25) is 0 Å². The van der Waals surface area contributed by atoms with Crippen molar-refractivity contribution in [1.29, 1.82) is 0 Å². The van der Waals surface area contributed by atoms with E-state index in [4.69, 9.17) is 10.2 Å². The van der Waals surface area contributed by atoms with Crippen molar-refractivity contribution in [2.24, 2.45) is 10.7 Å². The molecule has 0 spiro atoms. The van der Waals surface area contributed by atoms with E-state index < -0.39 is 0 Å². The highest BCUT2D eigenvalue weighted by Gasteiger charge is 2.08. The van der Waals surface area contributed by atoms with E-state index in [0.717, 1.165) is 18.5 Å². The Bertz CT molecular complexity index is 671. The summed E-state index contributed by atoms with van der Waals surface area (Å²) >= 11 is 0. The van der Waals surface area contributed by atoms with Crippen molar-refractivity contribution in [2.75, 3.05) is 11.9 Å². The number of para-hydroxylation sites is 1. The number of hydrogen-bond donors (Lipinski definition) is 3. The Hall–Kier alpha value is -2.76. The molecule has 2 aromatic rings. The minimum Gasteiger partial charge on any atom is -0.467 e. The van der Waals surface area contributed by atoms with Gasteiger partial charge >= 0.3 is 0 Å². The Morgan fingerprint density at radius 2 is 1.88 bits per heavy atom. The summed E-state index contributed by atoms with van der Waals surface area (Å²) in [6, 6.07) is 9.74. The van der Waals surface area contributed by atoms with Crippen LogP contribution in [0.5, 0.6) is 0 Å². The molecule has 1 heterocycles. The van der Waals surface area contributed by atoms with Crippen molar-refractivity contribution in [2.45, 2.75) is 33.2 Å². The van der Waals surface area contributed by atoms with Crippen LogP contribution in [-0.2, 0) is 24.2 Å². The number of guanidine groups is 1. The smallest absolute Gasteiger partial charge is 0.242 e. The van der Waals surface area contributed by atoms with E-state index >= 15 is 0 Å². The van der Waals surface area contributed by atoms with Crippen LogP contribution < -0.4 is 16.4 Å². The number of nitrogens with one attached hydrogen (secondary N) is 2. The van der Waals surface area contributed by atoms with Gasteiger partial charge in [-0.2, -0.15) is 0 Å². The zero-order valence-corrected chi connectivity index (χ0v) is 14.1. The molecule has 0 aliphatic heterocycles. The van der Waals surface area contributed by atoms with Gasteiger partial charge in [-0.05, 0) is 36.1 Å². The fourth-order valence-electron chi connectivity index (χ4n) is 2.38. The van der Waals surface area contributed by atoms with E-state index in [0.29, 0.717) is 12.3 Å². The second-order valence-electron chi connectivity index (χ2n) is 5.34. The highest BCUT2D eigenvalue weighted by Crippen LogP contribution is 2.22. The van der Waals surface area contributed by atoms with Crippen LogP contribution >= 0.6 is 0 Å². The lowest BCUT2D eigenvalue weighted by Crippen LogP contribution is -2.29. The largest absolute Gasteiger partial charge is 0.467 e. The van der Waals surface area contributed by atoms with Crippen LogP contribution in [0.4, 0.5) is 5.69 Å². The summed E-state index contributed by atoms with van der Waals surface area (Å²) in [5.41, 5.74) is 9.27. The number of hydrogen-bond acceptors (Lipinski definition) is 3. The van der Waals surface area contributed by atoms with Gasteiger partial charge in [0.2, 0.25) is 5.91 Å². The average molecular weight is 328 g/mol. The van der Waals surface area contributed by atoms with Crippen molar-refractivity contribution >= 4 is 17.6 Å². The first-order valence-corrected chi connectivity index (χ1v) is 8.10. The summed E-state index contributed by atoms with van der Waals surface area (Å²) in [5.74, 6) is 0.720. The molecule has 0 fully saturated rings. The summed E-state index contributed by atoms with van der Waals surface area (Å²) in [4.78, 5) is 15.9. The molecule has 0 saturated carbocycles. The molecule has 0 atom stereocenters. The van der Waals surface area contributed by atoms with Crippen LogP contribution in [0.1, 0.15) is 30.7 Å². The van der Waals surface area contributed by atoms with E-state index in [-0.39, 0.29) is 18.4 Å². The number of benzene rings is 1. The first-order chi connectivity index (χ1) is 11.6. The predicted molar refractivity (Wildman–Crippen MR) is 95.9 cm³/mol. The lowest BCUT2D eigenvalue weighted by atomic mass is 10.0. The maximum Gasteiger partial charge on any atom is 0.242 e. The maximum absolute atomic E-state index is 11.8. The van der Waals surface area contributed by atoms with E-state index in [1.165, 1.54) is 11.1 Å². The van der Waals surface area contributed by atoms with Gasteiger partial charge in [-0.15, -0.1) is 0 Å². The highest BCUT2D eigenvalue weighted by molar-refractivity contribution is 5.95. The van der Waals surface area contributed by atoms with Crippen molar-refractivity contribution in [3.63, 3.8) is 0 Å². The number of rotatable bonds is 7. The number of aliphatic imine (C=N–C) groups is 1. The molecule has 6 nitrogen and oxygen atoms in total. The number of carbonyl (C=O) groups excluding carboxylic acids is 1. The molecule has 0 radical (unpaired) electrons. The SMILES string of the molecule is CCc1cccc(CC)c1NC(N)=NCC(=O)NCc1ccco1. The van der Waals surface area contributed by atoms with Gasteiger partial charge in [-0.3, -0.25) is 4.79 Å². The topological polar surface area (TPSA) is 92.6 Å². The summed E-state index contributed by atoms with van der Waals surface area (Å²) in [6.45, 7) is 4.49. The molecule has 2 rings (SSSR count). The van der Waals surface area contributed by atoms with Crippen LogP contribution in [-0.4, -0.2) is 18.4 Å². The van der Waals surface area contributed by atoms with Crippen LogP contribution in [0.3, 0.4) is 0 Å². The Morgan fingerprint density at radius 1 is 1.17 bits per heavy atom. The molecule has 0 unspecified atom stereocenters. The molecule has 24 heavy (non-hydrogen) atoms. The zero-order chi connectivity index (χ0) is 17.4. The summed E-state index contributed by atoms with van der Waals surface area (Å²) in [5, 5.41) is 5.86. The zero-order valence-electron chi connectivity index (χ0n) is 14.1. The van der Waals surface area contributed by atoms with E-state index in [2.05, 4.69) is 41.6 Å². The molecule has 0 bridgehead atoms. The monoisotopic (exact) mass is 328 g/mol. The molecule has 1 aromatic carbocycles. The maximum atomic E-state index is 11.8. The lowest BCUT2D eigenvalue weighted by molar-refractivity contribution is -0.119. The quantitative estimate of drug-likeness (QED) is 0.538. The van der Waals surface area contributed by atoms with Gasteiger partial charge in [0.1, 0.15) is 12.3 Å². The molecule has 0 aliphatic rings. The summed E-state index contributed by atoms with van der Waals surface area (Å²) in [6.07, 6.45) is 3.36. The van der Waals surface area contributed by atoms with Crippen LogP contribution in [0.25, 0.3) is 0 Å². The van der Waals surface area contributed by atoms with E-state index in [1.807, 2.05) is 6.07 Å². The first kappa shape index (κ1) is 17.6. The Morgan fingerprint density at radius 3 is 2.46 bits per heavy atom. The lowest BCUT2D eigenvalue weighted by Gasteiger charge is -2.14. The Labute approximate surface area is 142 Å². The third-order valence-electron chi connectivity index (χ3n) is 3.68. The number of nitrogens with two attached hydrogens (primary N) is 1. The molecule has 4 N–H and O–H groups in total. The second kappa shape index (κ2) is 8.76. The third kappa shape index (κ3) is 4.87. The molecule has 0 aliphatic carbocycles. The van der Waals surface area contributed by atoms with Gasteiger partial charge in [0, 0.05) is 5.69 Å². The van der Waals surface area contributed by atoms with Gasteiger partial charge in [0.15, 0.2) is 5.96 Å². The molecule has 1 amide bonds. The highest BCUT2D eigenvalue weighted by atomic mass is 16.3.